The Morgan fingerprint density at radius 1 is 0.929 bits per heavy atom. The molecule has 0 bridgehead atoms. The third-order valence-corrected chi connectivity index (χ3v) is 6.18. The van der Waals surface area contributed by atoms with Crippen molar-refractivity contribution < 1.29 is 17.6 Å². The summed E-state index contributed by atoms with van der Waals surface area (Å²) in [6.45, 7) is 4.04. The zero-order chi connectivity index (χ0) is 20.3. The Morgan fingerprint density at radius 3 is 2.07 bits per heavy atom. The summed E-state index contributed by atoms with van der Waals surface area (Å²) in [6.07, 6.45) is -0.183. The molecule has 146 valence electrons. The fraction of sp³-hybridized carbons (Fsp3) is 0.190. The number of nitrogens with zero attached hydrogens (tertiary/aromatic N) is 1. The Labute approximate surface area is 163 Å². The van der Waals surface area contributed by atoms with E-state index in [2.05, 4.69) is 9.88 Å². The summed E-state index contributed by atoms with van der Waals surface area (Å²) >= 11 is 0. The number of benzene rings is 2. The molecule has 0 radical (unpaired) electrons. The lowest BCUT2D eigenvalue weighted by Gasteiger charge is -2.11. The smallest absolute Gasteiger partial charge is 0.225 e. The predicted octanol–water partition coefficient (Wildman–Crippen LogP) is 4.04. The molecule has 0 unspecified atom stereocenters. The number of carbonyl (C=O) groups is 1. The molecule has 1 amide bonds. The van der Waals surface area contributed by atoms with Crippen LogP contribution in [0.2, 0.25) is 0 Å². The topological polar surface area (TPSA) is 68.2 Å². The van der Waals surface area contributed by atoms with Gasteiger partial charge < -0.3 is 9.88 Å². The number of carbonyl (C=O) groups excluding carboxylic acids is 1. The van der Waals surface area contributed by atoms with Crippen molar-refractivity contribution in [1.82, 2.24) is 4.57 Å². The minimum atomic E-state index is -3.64. The number of nitrogens with one attached hydrogen (secondary N) is 1. The Hall–Kier alpha value is -2.93. The lowest BCUT2D eigenvalue weighted by molar-refractivity contribution is -0.115. The van der Waals surface area contributed by atoms with E-state index in [1.165, 1.54) is 12.1 Å². The number of halogens is 1. The molecule has 0 spiro atoms. The molecule has 1 aromatic heterocycles. The highest BCUT2D eigenvalue weighted by Gasteiger charge is 2.16. The van der Waals surface area contributed by atoms with Crippen molar-refractivity contribution in [2.45, 2.75) is 25.2 Å². The van der Waals surface area contributed by atoms with Gasteiger partial charge >= 0.3 is 0 Å². The van der Waals surface area contributed by atoms with Gasteiger partial charge in [0.2, 0.25) is 5.91 Å². The fourth-order valence-electron chi connectivity index (χ4n) is 2.98. The molecule has 0 aliphatic carbocycles. The van der Waals surface area contributed by atoms with Crippen molar-refractivity contribution >= 4 is 21.4 Å². The first-order valence-corrected chi connectivity index (χ1v) is 10.4. The van der Waals surface area contributed by atoms with Gasteiger partial charge in [-0.15, -0.1) is 0 Å². The predicted molar refractivity (Wildman–Crippen MR) is 107 cm³/mol. The standard InChI is InChI=1S/C21H21FN2O3S/c1-15-3-4-16(2)24(15)19-9-7-18(8-10-19)23-21(25)13-14-28(26,27)20-11-5-17(22)6-12-20/h3-12H,13-14H2,1-2H3,(H,23,25). The molecule has 2 aromatic carbocycles. The number of aryl methyl sites for hydroxylation is 2. The van der Waals surface area contributed by atoms with Crippen LogP contribution in [0.1, 0.15) is 17.8 Å². The normalized spacial score (nSPS) is 11.4. The lowest BCUT2D eigenvalue weighted by atomic mass is 10.2. The van der Waals surface area contributed by atoms with Crippen molar-refractivity contribution in [2.24, 2.45) is 0 Å². The molecule has 1 N–H and O–H groups in total. The van der Waals surface area contributed by atoms with E-state index in [9.17, 15) is 17.6 Å². The van der Waals surface area contributed by atoms with E-state index in [1.54, 1.807) is 12.1 Å². The average molecular weight is 400 g/mol. The Balaban J connectivity index is 1.61. The van der Waals surface area contributed by atoms with Gasteiger partial charge in [-0.25, -0.2) is 12.8 Å². The molecule has 0 atom stereocenters. The first-order valence-electron chi connectivity index (χ1n) is 8.80. The number of aromatic nitrogens is 1. The highest BCUT2D eigenvalue weighted by molar-refractivity contribution is 7.91. The molecule has 0 saturated heterocycles. The van der Waals surface area contributed by atoms with E-state index in [0.717, 1.165) is 29.2 Å². The second kappa shape index (κ2) is 7.98. The molecule has 7 heteroatoms. The molecular weight excluding hydrogens is 379 g/mol. The maximum Gasteiger partial charge on any atom is 0.225 e. The van der Waals surface area contributed by atoms with Gasteiger partial charge in [-0.3, -0.25) is 4.79 Å². The number of hydrogen-bond donors (Lipinski definition) is 1. The number of hydrogen-bond acceptors (Lipinski definition) is 3. The van der Waals surface area contributed by atoms with Crippen LogP contribution in [-0.4, -0.2) is 24.6 Å². The highest BCUT2D eigenvalue weighted by Crippen LogP contribution is 2.19. The quantitative estimate of drug-likeness (QED) is 0.635. The van der Waals surface area contributed by atoms with Crippen molar-refractivity contribution in [3.8, 4) is 5.69 Å². The van der Waals surface area contributed by atoms with Crippen LogP contribution in [0, 0.1) is 19.7 Å². The number of sulfone groups is 1. The third kappa shape index (κ3) is 4.48. The molecule has 28 heavy (non-hydrogen) atoms. The second-order valence-electron chi connectivity index (χ2n) is 6.57. The zero-order valence-corrected chi connectivity index (χ0v) is 16.5. The molecule has 0 saturated carbocycles. The summed E-state index contributed by atoms with van der Waals surface area (Å²) in [5, 5.41) is 2.70. The summed E-state index contributed by atoms with van der Waals surface area (Å²) in [7, 11) is -3.64. The van der Waals surface area contributed by atoms with Crippen LogP contribution in [0.3, 0.4) is 0 Å². The first kappa shape index (κ1) is 19.8. The van der Waals surface area contributed by atoms with E-state index in [-0.39, 0.29) is 17.1 Å². The van der Waals surface area contributed by atoms with Crippen LogP contribution >= 0.6 is 0 Å². The SMILES string of the molecule is Cc1ccc(C)n1-c1ccc(NC(=O)CCS(=O)(=O)c2ccc(F)cc2)cc1. The summed E-state index contributed by atoms with van der Waals surface area (Å²) in [4.78, 5) is 12.1. The summed E-state index contributed by atoms with van der Waals surface area (Å²) < 4.78 is 39.5. The maximum absolute atomic E-state index is 12.9. The monoisotopic (exact) mass is 400 g/mol. The van der Waals surface area contributed by atoms with Crippen molar-refractivity contribution in [3.63, 3.8) is 0 Å². The van der Waals surface area contributed by atoms with Crippen LogP contribution in [-0.2, 0) is 14.6 Å². The van der Waals surface area contributed by atoms with E-state index in [1.807, 2.05) is 38.1 Å². The second-order valence-corrected chi connectivity index (χ2v) is 8.68. The highest BCUT2D eigenvalue weighted by atomic mass is 32.2. The summed E-state index contributed by atoms with van der Waals surface area (Å²) in [6, 6.07) is 16.0. The third-order valence-electron chi connectivity index (χ3n) is 4.45. The molecule has 0 aliphatic heterocycles. The molecular formula is C21H21FN2O3S. The first-order chi connectivity index (χ1) is 13.3. The zero-order valence-electron chi connectivity index (χ0n) is 15.6. The van der Waals surface area contributed by atoms with Crippen LogP contribution in [0.15, 0.2) is 65.6 Å². The van der Waals surface area contributed by atoms with Crippen molar-refractivity contribution in [1.29, 1.82) is 0 Å². The largest absolute Gasteiger partial charge is 0.326 e. The van der Waals surface area contributed by atoms with Crippen LogP contribution in [0.5, 0.6) is 0 Å². The molecule has 3 rings (SSSR count). The average Bonchev–Trinajstić information content (AvgIpc) is 3.00. The number of anilines is 1. The van der Waals surface area contributed by atoms with E-state index < -0.39 is 21.6 Å². The van der Waals surface area contributed by atoms with E-state index >= 15 is 0 Å². The Kier molecular flexibility index (Phi) is 5.65. The molecule has 0 fully saturated rings. The minimum absolute atomic E-state index is 0.00325. The van der Waals surface area contributed by atoms with E-state index in [4.69, 9.17) is 0 Å². The molecule has 3 aromatic rings. The maximum atomic E-state index is 12.9. The van der Waals surface area contributed by atoms with Gasteiger partial charge in [-0.1, -0.05) is 0 Å². The Bertz CT molecular complexity index is 1070. The van der Waals surface area contributed by atoms with Gasteiger partial charge in [0.05, 0.1) is 10.6 Å². The van der Waals surface area contributed by atoms with Crippen molar-refractivity contribution in [3.05, 3.63) is 77.9 Å². The van der Waals surface area contributed by atoms with Crippen molar-refractivity contribution in [2.75, 3.05) is 11.1 Å². The minimum Gasteiger partial charge on any atom is -0.326 e. The van der Waals surface area contributed by atoms with Gasteiger partial charge in [0, 0.05) is 29.2 Å². The summed E-state index contributed by atoms with van der Waals surface area (Å²) in [5.41, 5.74) is 3.80. The number of rotatable bonds is 6. The van der Waals surface area contributed by atoms with Crippen LogP contribution in [0.4, 0.5) is 10.1 Å². The van der Waals surface area contributed by atoms with Crippen LogP contribution in [0.25, 0.3) is 5.69 Å². The molecule has 5 nitrogen and oxygen atoms in total. The summed E-state index contributed by atoms with van der Waals surface area (Å²) in [5.74, 6) is -1.25. The van der Waals surface area contributed by atoms with Gasteiger partial charge in [0.15, 0.2) is 9.84 Å². The lowest BCUT2D eigenvalue weighted by Crippen LogP contribution is -2.17. The van der Waals surface area contributed by atoms with Gasteiger partial charge in [0.1, 0.15) is 5.82 Å². The van der Waals surface area contributed by atoms with Gasteiger partial charge in [-0.05, 0) is 74.5 Å². The molecule has 1 heterocycles. The Morgan fingerprint density at radius 2 is 1.50 bits per heavy atom. The van der Waals surface area contributed by atoms with Gasteiger partial charge in [-0.2, -0.15) is 0 Å². The number of amides is 1. The molecule has 0 aliphatic rings. The van der Waals surface area contributed by atoms with Gasteiger partial charge in [0.25, 0.3) is 0 Å². The van der Waals surface area contributed by atoms with Crippen LogP contribution < -0.4 is 5.32 Å². The van der Waals surface area contributed by atoms with E-state index in [0.29, 0.717) is 5.69 Å². The fourth-order valence-corrected chi connectivity index (χ4v) is 4.22.